The highest BCUT2D eigenvalue weighted by Gasteiger charge is 2.28. The van der Waals surface area contributed by atoms with Gasteiger partial charge in [-0.1, -0.05) is 30.1 Å². The van der Waals surface area contributed by atoms with Crippen LogP contribution in [0.25, 0.3) is 0 Å². The molecule has 25 heavy (non-hydrogen) atoms. The Morgan fingerprint density at radius 3 is 2.68 bits per heavy atom. The first-order valence-corrected chi connectivity index (χ1v) is 8.35. The number of unbranched alkanes of at least 4 members (excludes halogenated alkanes) is 1. The number of rotatable bonds is 7. The number of aromatic nitrogens is 3. The van der Waals surface area contributed by atoms with Gasteiger partial charge in [0, 0.05) is 13.1 Å². The van der Waals surface area contributed by atoms with Gasteiger partial charge in [0.05, 0.1) is 5.69 Å². The fourth-order valence-corrected chi connectivity index (χ4v) is 2.57. The average Bonchev–Trinajstić information content (AvgIpc) is 3.06. The first kappa shape index (κ1) is 19.0. The minimum atomic E-state index is -0.958. The van der Waals surface area contributed by atoms with Gasteiger partial charge in [-0.2, -0.15) is 5.10 Å². The molecule has 0 saturated heterocycles. The summed E-state index contributed by atoms with van der Waals surface area (Å²) in [5.74, 6) is -0.304. The maximum Gasteiger partial charge on any atom is 0.343 e. The molecule has 1 atom stereocenters. The quantitative estimate of drug-likeness (QED) is 0.754. The van der Waals surface area contributed by atoms with Crippen LogP contribution in [-0.4, -0.2) is 32.9 Å². The average molecular weight is 369 g/mol. The Hall–Kier alpha value is -2.35. The molecule has 2 aromatic rings. The molecular formula is C16H21ClN4O4. The minimum absolute atomic E-state index is 0.163. The summed E-state index contributed by atoms with van der Waals surface area (Å²) in [5.41, 5.74) is 0.607. The van der Waals surface area contributed by atoms with Crippen molar-refractivity contribution in [2.24, 2.45) is 7.05 Å². The largest absolute Gasteiger partial charge is 0.449 e. The first-order valence-electron chi connectivity index (χ1n) is 7.97. The Labute approximate surface area is 150 Å². The number of carbonyl (C=O) groups excluding carboxylic acids is 2. The number of aryl methyl sites for hydroxylation is 3. The van der Waals surface area contributed by atoms with E-state index >= 15 is 0 Å². The van der Waals surface area contributed by atoms with Gasteiger partial charge in [0.2, 0.25) is 0 Å². The fourth-order valence-electron chi connectivity index (χ4n) is 2.32. The number of esters is 1. The molecule has 136 valence electrons. The third-order valence-corrected chi connectivity index (χ3v) is 4.03. The third kappa shape index (κ3) is 4.60. The summed E-state index contributed by atoms with van der Waals surface area (Å²) in [6, 6.07) is 1.58. The predicted molar refractivity (Wildman–Crippen MR) is 91.6 cm³/mol. The van der Waals surface area contributed by atoms with Crippen LogP contribution in [0, 0.1) is 13.8 Å². The van der Waals surface area contributed by atoms with E-state index < -0.39 is 18.0 Å². The van der Waals surface area contributed by atoms with E-state index in [1.54, 1.807) is 27.0 Å². The number of nitrogens with one attached hydrogen (secondary N) is 1. The number of nitrogens with zero attached hydrogens (tertiary/aromatic N) is 3. The Balaban J connectivity index is 2.13. The van der Waals surface area contributed by atoms with Gasteiger partial charge >= 0.3 is 5.97 Å². The Morgan fingerprint density at radius 1 is 1.44 bits per heavy atom. The second-order valence-corrected chi connectivity index (χ2v) is 6.08. The number of ether oxygens (including phenoxy) is 1. The van der Waals surface area contributed by atoms with Gasteiger partial charge in [-0.05, 0) is 26.7 Å². The van der Waals surface area contributed by atoms with E-state index in [4.69, 9.17) is 20.9 Å². The molecule has 2 aromatic heterocycles. The number of anilines is 1. The number of amides is 1. The van der Waals surface area contributed by atoms with Gasteiger partial charge < -0.3 is 14.6 Å². The summed E-state index contributed by atoms with van der Waals surface area (Å²) in [7, 11) is 1.63. The van der Waals surface area contributed by atoms with Crippen LogP contribution in [0.4, 0.5) is 5.82 Å². The highest BCUT2D eigenvalue weighted by Crippen LogP contribution is 2.21. The van der Waals surface area contributed by atoms with Crippen LogP contribution in [0.2, 0.25) is 5.15 Å². The van der Waals surface area contributed by atoms with E-state index in [0.717, 1.165) is 12.8 Å². The summed E-state index contributed by atoms with van der Waals surface area (Å²) < 4.78 is 11.7. The van der Waals surface area contributed by atoms with E-state index in [-0.39, 0.29) is 16.5 Å². The molecule has 0 aliphatic heterocycles. The Kier molecular flexibility index (Phi) is 6.19. The van der Waals surface area contributed by atoms with Crippen LogP contribution in [0.3, 0.4) is 0 Å². The molecular weight excluding hydrogens is 348 g/mol. The van der Waals surface area contributed by atoms with Crippen LogP contribution in [-0.2, 0) is 16.6 Å². The second kappa shape index (κ2) is 8.15. The van der Waals surface area contributed by atoms with Gasteiger partial charge in [0.15, 0.2) is 11.9 Å². The van der Waals surface area contributed by atoms with Crippen LogP contribution in [0.1, 0.15) is 48.0 Å². The van der Waals surface area contributed by atoms with Crippen LogP contribution >= 0.6 is 11.6 Å². The first-order chi connectivity index (χ1) is 11.8. The lowest BCUT2D eigenvalue weighted by molar-refractivity contribution is -0.125. The standard InChI is InChI=1S/C16H21ClN4O4/c1-5-6-7-11(15(22)18-12-8-9(2)25-20-12)24-16(23)13-10(3)19-21(4)14(13)17/h8,11H,5-7H2,1-4H3,(H,18,20,22). The van der Waals surface area contributed by atoms with Gasteiger partial charge in [-0.25, -0.2) is 4.79 Å². The molecule has 0 aromatic carbocycles. The van der Waals surface area contributed by atoms with Crippen molar-refractivity contribution in [3.63, 3.8) is 0 Å². The van der Waals surface area contributed by atoms with Crippen LogP contribution < -0.4 is 5.32 Å². The maximum absolute atomic E-state index is 12.5. The van der Waals surface area contributed by atoms with E-state index in [1.165, 1.54) is 4.68 Å². The molecule has 2 heterocycles. The molecule has 0 fully saturated rings. The zero-order chi connectivity index (χ0) is 18.6. The van der Waals surface area contributed by atoms with E-state index in [0.29, 0.717) is 17.9 Å². The van der Waals surface area contributed by atoms with Gasteiger partial charge in [-0.3, -0.25) is 9.48 Å². The van der Waals surface area contributed by atoms with Crippen LogP contribution in [0.15, 0.2) is 10.6 Å². The molecule has 1 amide bonds. The molecule has 0 aliphatic carbocycles. The van der Waals surface area contributed by atoms with Gasteiger partial charge in [0.1, 0.15) is 16.5 Å². The van der Waals surface area contributed by atoms with E-state index in [9.17, 15) is 9.59 Å². The Bertz CT molecular complexity index is 768. The molecule has 0 radical (unpaired) electrons. The van der Waals surface area contributed by atoms with Crippen molar-refractivity contribution in [2.45, 2.75) is 46.1 Å². The van der Waals surface area contributed by atoms with Gasteiger partial charge in [-0.15, -0.1) is 0 Å². The van der Waals surface area contributed by atoms with Crippen molar-refractivity contribution in [3.05, 3.63) is 28.2 Å². The SMILES string of the molecule is CCCCC(OC(=O)c1c(C)nn(C)c1Cl)C(=O)Nc1cc(C)on1. The minimum Gasteiger partial charge on any atom is -0.449 e. The lowest BCUT2D eigenvalue weighted by atomic mass is 10.1. The summed E-state index contributed by atoms with van der Waals surface area (Å²) >= 11 is 6.09. The third-order valence-electron chi connectivity index (χ3n) is 3.60. The van der Waals surface area contributed by atoms with Crippen molar-refractivity contribution < 1.29 is 18.8 Å². The Morgan fingerprint density at radius 2 is 2.16 bits per heavy atom. The van der Waals surface area contributed by atoms with Gasteiger partial charge in [0.25, 0.3) is 5.91 Å². The second-order valence-electron chi connectivity index (χ2n) is 5.72. The smallest absolute Gasteiger partial charge is 0.343 e. The maximum atomic E-state index is 12.5. The van der Waals surface area contributed by atoms with Crippen molar-refractivity contribution in [1.82, 2.24) is 14.9 Å². The van der Waals surface area contributed by atoms with Crippen molar-refractivity contribution in [1.29, 1.82) is 0 Å². The van der Waals surface area contributed by atoms with Crippen molar-refractivity contribution in [2.75, 3.05) is 5.32 Å². The van der Waals surface area contributed by atoms with E-state index in [2.05, 4.69) is 15.6 Å². The normalized spacial score (nSPS) is 12.0. The molecule has 0 bridgehead atoms. The summed E-state index contributed by atoms with van der Waals surface area (Å²) in [6.45, 7) is 5.35. The molecule has 9 heteroatoms. The highest BCUT2D eigenvalue weighted by atomic mass is 35.5. The molecule has 1 unspecified atom stereocenters. The van der Waals surface area contributed by atoms with Crippen molar-refractivity contribution >= 4 is 29.3 Å². The predicted octanol–water partition coefficient (Wildman–Crippen LogP) is 3.03. The highest BCUT2D eigenvalue weighted by molar-refractivity contribution is 6.32. The molecule has 1 N–H and O–H groups in total. The number of hydrogen-bond acceptors (Lipinski definition) is 6. The summed E-state index contributed by atoms with van der Waals surface area (Å²) in [5, 5.41) is 10.5. The van der Waals surface area contributed by atoms with E-state index in [1.807, 2.05) is 6.92 Å². The zero-order valence-corrected chi connectivity index (χ0v) is 15.4. The lowest BCUT2D eigenvalue weighted by Crippen LogP contribution is -2.33. The summed E-state index contributed by atoms with van der Waals surface area (Å²) in [6.07, 6.45) is 1.02. The fraction of sp³-hybridized carbons (Fsp3) is 0.500. The molecule has 0 saturated carbocycles. The molecule has 0 aliphatic rings. The number of halogens is 1. The zero-order valence-electron chi connectivity index (χ0n) is 14.6. The van der Waals surface area contributed by atoms with Crippen molar-refractivity contribution in [3.8, 4) is 0 Å². The molecule has 2 rings (SSSR count). The summed E-state index contributed by atoms with van der Waals surface area (Å²) in [4.78, 5) is 24.9. The van der Waals surface area contributed by atoms with Crippen LogP contribution in [0.5, 0.6) is 0 Å². The lowest BCUT2D eigenvalue weighted by Gasteiger charge is -2.16. The monoisotopic (exact) mass is 368 g/mol. The number of carbonyl (C=O) groups is 2. The molecule has 8 nitrogen and oxygen atoms in total. The topological polar surface area (TPSA) is 99.2 Å². The molecule has 0 spiro atoms. The number of hydrogen-bond donors (Lipinski definition) is 1.